The number of aliphatic hydroxyl groups is 1. The van der Waals surface area contributed by atoms with Crippen molar-refractivity contribution in [1.82, 2.24) is 5.32 Å². The fourth-order valence-corrected chi connectivity index (χ4v) is 10.00. The molecule has 36 heavy (non-hydrogen) atoms. The van der Waals surface area contributed by atoms with Gasteiger partial charge in [0, 0.05) is 34.5 Å². The summed E-state index contributed by atoms with van der Waals surface area (Å²) < 4.78 is 6.40. The zero-order valence-electron chi connectivity index (χ0n) is 23.3. The number of aliphatic hydroxyl groups excluding tert-OH is 1. The summed E-state index contributed by atoms with van der Waals surface area (Å²) in [5, 5.41) is 15.7. The zero-order chi connectivity index (χ0) is 26.5. The minimum atomic E-state index is -0.626. The van der Waals surface area contributed by atoms with Gasteiger partial charge in [0.25, 0.3) is 0 Å². The third-order valence-electron chi connectivity index (χ3n) is 11.4. The minimum absolute atomic E-state index is 0.00971. The van der Waals surface area contributed by atoms with Gasteiger partial charge >= 0.3 is 5.97 Å². The normalized spacial score (nSPS) is 48.7. The van der Waals surface area contributed by atoms with E-state index in [2.05, 4.69) is 53.4 Å². The zero-order valence-corrected chi connectivity index (χ0v) is 24.2. The number of ether oxygens (including phenoxy) is 1. The first-order valence-corrected chi connectivity index (χ1v) is 15.4. The van der Waals surface area contributed by atoms with Crippen LogP contribution in [0.2, 0.25) is 0 Å². The molecule has 0 aliphatic heterocycles. The van der Waals surface area contributed by atoms with Crippen LogP contribution in [0.1, 0.15) is 86.5 Å². The lowest BCUT2D eigenvalue weighted by Gasteiger charge is -2.61. The van der Waals surface area contributed by atoms with Crippen LogP contribution in [0.4, 0.5) is 0 Å². The third kappa shape index (κ3) is 4.41. The highest BCUT2D eigenvalue weighted by atomic mass is 32.2. The molecule has 4 rings (SSSR count). The van der Waals surface area contributed by atoms with E-state index in [1.54, 1.807) is 11.8 Å². The number of rotatable bonds is 7. The Hall–Kier alpha value is -0.850. The van der Waals surface area contributed by atoms with Crippen LogP contribution in [-0.4, -0.2) is 52.7 Å². The average Bonchev–Trinajstić information content (AvgIpc) is 3.39. The maximum Gasteiger partial charge on any atom is 0.316 e. The number of carbonyl (C=O) groups is 2. The number of thioether (sulfide) groups is 1. The molecule has 0 amide bonds. The van der Waals surface area contributed by atoms with Gasteiger partial charge in [0.15, 0.2) is 0 Å². The highest BCUT2D eigenvalue weighted by Gasteiger charge is 2.68. The maximum absolute atomic E-state index is 13.5. The first-order valence-electron chi connectivity index (χ1n) is 14.3. The summed E-state index contributed by atoms with van der Waals surface area (Å²) in [7, 11) is 0. The summed E-state index contributed by atoms with van der Waals surface area (Å²) in [5.41, 5.74) is -1.26. The first-order chi connectivity index (χ1) is 16.9. The van der Waals surface area contributed by atoms with Crippen LogP contribution >= 0.6 is 11.8 Å². The van der Waals surface area contributed by atoms with Gasteiger partial charge in [-0.3, -0.25) is 9.59 Å². The van der Waals surface area contributed by atoms with Crippen LogP contribution in [0.3, 0.4) is 0 Å². The first kappa shape index (κ1) is 28.2. The molecule has 0 heterocycles. The lowest BCUT2D eigenvalue weighted by Crippen LogP contribution is -2.63. The van der Waals surface area contributed by atoms with E-state index in [1.165, 1.54) is 0 Å². The van der Waals surface area contributed by atoms with Crippen molar-refractivity contribution in [2.75, 3.05) is 12.3 Å². The fourth-order valence-electron chi connectivity index (χ4n) is 8.78. The average molecular weight is 520 g/mol. The van der Waals surface area contributed by atoms with Gasteiger partial charge in [0.05, 0.1) is 11.9 Å². The van der Waals surface area contributed by atoms with E-state index in [4.69, 9.17) is 4.74 Å². The molecule has 5 nitrogen and oxygen atoms in total. The van der Waals surface area contributed by atoms with E-state index in [9.17, 15) is 14.7 Å². The smallest absolute Gasteiger partial charge is 0.316 e. The van der Waals surface area contributed by atoms with Crippen LogP contribution in [0, 0.1) is 39.9 Å². The molecule has 2 bridgehead atoms. The molecular weight excluding hydrogens is 470 g/mol. The molecule has 4 aliphatic rings. The van der Waals surface area contributed by atoms with Gasteiger partial charge in [-0.05, 0) is 68.2 Å². The SMILES string of the molecule is C=C[C@]1(C)C[C@@H](OC(=O)CSC2CCC(NCC)C2C)[C@]2(C)[C@H](C)CCC3(CCC(=O)[C@H]32)[C@@H](C)[C@@H]1O. The van der Waals surface area contributed by atoms with Crippen molar-refractivity contribution in [3.63, 3.8) is 0 Å². The van der Waals surface area contributed by atoms with Crippen molar-refractivity contribution < 1.29 is 19.4 Å². The maximum atomic E-state index is 13.5. The van der Waals surface area contributed by atoms with Crippen LogP contribution < -0.4 is 5.32 Å². The Morgan fingerprint density at radius 3 is 2.61 bits per heavy atom. The Balaban J connectivity index is 1.59. The number of nitrogens with one attached hydrogen (secondary N) is 1. The number of carbonyl (C=O) groups excluding carboxylic acids is 2. The Morgan fingerprint density at radius 1 is 1.22 bits per heavy atom. The lowest BCUT2D eigenvalue weighted by atomic mass is 9.44. The Kier molecular flexibility index (Phi) is 8.12. The van der Waals surface area contributed by atoms with Gasteiger partial charge in [0.1, 0.15) is 11.9 Å². The Bertz CT molecular complexity index is 864. The highest BCUT2D eigenvalue weighted by molar-refractivity contribution is 8.00. The number of ketones is 1. The van der Waals surface area contributed by atoms with Crippen molar-refractivity contribution >= 4 is 23.5 Å². The van der Waals surface area contributed by atoms with Crippen LogP contribution in [0.25, 0.3) is 0 Å². The molecule has 4 aliphatic carbocycles. The molecule has 4 unspecified atom stereocenters. The second-order valence-electron chi connectivity index (χ2n) is 13.0. The van der Waals surface area contributed by atoms with E-state index < -0.39 is 23.0 Å². The van der Waals surface area contributed by atoms with Gasteiger partial charge in [-0.2, -0.15) is 0 Å². The highest BCUT2D eigenvalue weighted by Crippen LogP contribution is 2.68. The number of Topliss-reactive ketones (excluding diaryl/α,β-unsaturated/α-hetero) is 1. The summed E-state index contributed by atoms with van der Waals surface area (Å²) >= 11 is 1.73. The summed E-state index contributed by atoms with van der Waals surface area (Å²) in [5.74, 6) is 1.05. The fraction of sp³-hybridized carbons (Fsp3) is 0.867. The van der Waals surface area contributed by atoms with E-state index in [-0.39, 0.29) is 29.1 Å². The van der Waals surface area contributed by atoms with Crippen LogP contribution in [0.5, 0.6) is 0 Å². The summed E-state index contributed by atoms with van der Waals surface area (Å²) in [6, 6.07) is 0.523. The van der Waals surface area contributed by atoms with Crippen molar-refractivity contribution in [2.24, 2.45) is 39.9 Å². The molecule has 0 aromatic rings. The topological polar surface area (TPSA) is 75.6 Å². The minimum Gasteiger partial charge on any atom is -0.461 e. The van der Waals surface area contributed by atoms with Crippen LogP contribution in [-0.2, 0) is 14.3 Å². The van der Waals surface area contributed by atoms with E-state index in [1.807, 2.05) is 6.08 Å². The summed E-state index contributed by atoms with van der Waals surface area (Å²) in [6.07, 6.45) is 6.93. The van der Waals surface area contributed by atoms with Crippen molar-refractivity contribution in [1.29, 1.82) is 0 Å². The predicted molar refractivity (Wildman–Crippen MR) is 147 cm³/mol. The molecule has 4 saturated carbocycles. The van der Waals surface area contributed by atoms with Crippen LogP contribution in [0.15, 0.2) is 12.7 Å². The third-order valence-corrected chi connectivity index (χ3v) is 12.9. The molecule has 0 radical (unpaired) electrons. The van der Waals surface area contributed by atoms with E-state index >= 15 is 0 Å². The molecule has 0 spiro atoms. The van der Waals surface area contributed by atoms with E-state index in [0.29, 0.717) is 41.6 Å². The lowest BCUT2D eigenvalue weighted by molar-refractivity contribution is -0.205. The molecule has 6 heteroatoms. The molecule has 0 aromatic carbocycles. The van der Waals surface area contributed by atoms with E-state index in [0.717, 1.165) is 38.6 Å². The molecule has 0 saturated heterocycles. The molecule has 204 valence electrons. The second-order valence-corrected chi connectivity index (χ2v) is 14.2. The number of hydrogen-bond donors (Lipinski definition) is 2. The Labute approximate surface area is 223 Å². The van der Waals surface area contributed by atoms with Crippen molar-refractivity contribution in [3.8, 4) is 0 Å². The van der Waals surface area contributed by atoms with Gasteiger partial charge in [-0.1, -0.05) is 47.6 Å². The quantitative estimate of drug-likeness (QED) is 0.346. The Morgan fingerprint density at radius 2 is 1.94 bits per heavy atom. The molecule has 11 atom stereocenters. The van der Waals surface area contributed by atoms with Gasteiger partial charge in [0.2, 0.25) is 0 Å². The molecule has 4 fully saturated rings. The van der Waals surface area contributed by atoms with Gasteiger partial charge in [-0.25, -0.2) is 0 Å². The monoisotopic (exact) mass is 519 g/mol. The molecule has 0 aromatic heterocycles. The van der Waals surface area contributed by atoms with Crippen molar-refractivity contribution in [3.05, 3.63) is 12.7 Å². The standard InChI is InChI=1S/C30H49NO4S/c1-8-28(6)16-24(35-25(33)17-36-23-11-10-21(19(23)4)31-9-2)29(7)18(3)12-14-30(20(5)27(28)34)15-13-22(32)26(29)30/h8,18-21,23-24,26-27,31,34H,1,9-17H2,2-7H3/t18-,19?,20+,21?,23?,24-,26+,27+,28-,29+,30?/m1/s1. The number of hydrogen-bond acceptors (Lipinski definition) is 6. The summed E-state index contributed by atoms with van der Waals surface area (Å²) in [4.78, 5) is 26.9. The molecular formula is C30H49NO4S. The largest absolute Gasteiger partial charge is 0.461 e. The molecule has 2 N–H and O–H groups in total. The predicted octanol–water partition coefficient (Wildman–Crippen LogP) is 5.40. The summed E-state index contributed by atoms with van der Waals surface area (Å²) in [6.45, 7) is 18.1. The van der Waals surface area contributed by atoms with Gasteiger partial charge < -0.3 is 15.2 Å². The number of esters is 1. The van der Waals surface area contributed by atoms with Crippen molar-refractivity contribution in [2.45, 2.75) is 110 Å². The second kappa shape index (κ2) is 10.4. The van der Waals surface area contributed by atoms with Gasteiger partial charge in [-0.15, -0.1) is 18.3 Å².